The molecular weight excluding hydrogens is 449 g/mol. The van der Waals surface area contributed by atoms with Gasteiger partial charge in [-0.25, -0.2) is 8.42 Å². The standard InChI is InChI=1S/C20H21Cl2N3O4S/c1-2-24(13-18(26)23-19-16(21)8-4-9-17(19)22)20(27)14-6-3-7-15(12-14)25-10-5-11-30(25,28)29/h3-4,6-9,12H,2,5,10-11,13H2,1H3,(H,23,26). The second-order valence-corrected chi connectivity index (χ2v) is 9.58. The lowest BCUT2D eigenvalue weighted by atomic mass is 10.1. The van der Waals surface area contributed by atoms with Crippen LogP contribution in [0, 0.1) is 0 Å². The number of hydrogen-bond donors (Lipinski definition) is 1. The molecule has 0 saturated carbocycles. The molecule has 0 spiro atoms. The summed E-state index contributed by atoms with van der Waals surface area (Å²) in [4.78, 5) is 26.8. The van der Waals surface area contributed by atoms with E-state index in [4.69, 9.17) is 23.2 Å². The Labute approximate surface area is 185 Å². The Bertz CT molecular complexity index is 1060. The molecule has 0 aromatic heterocycles. The molecule has 1 aliphatic rings. The van der Waals surface area contributed by atoms with Gasteiger partial charge in [0.25, 0.3) is 5.91 Å². The van der Waals surface area contributed by atoms with E-state index in [1.807, 2.05) is 0 Å². The summed E-state index contributed by atoms with van der Waals surface area (Å²) in [5.74, 6) is -0.730. The smallest absolute Gasteiger partial charge is 0.254 e. The van der Waals surface area contributed by atoms with Crippen LogP contribution in [0.15, 0.2) is 42.5 Å². The molecule has 1 aliphatic heterocycles. The third kappa shape index (κ3) is 4.88. The van der Waals surface area contributed by atoms with Gasteiger partial charge in [0.1, 0.15) is 6.54 Å². The van der Waals surface area contributed by atoms with Crippen LogP contribution in [0.1, 0.15) is 23.7 Å². The molecular formula is C20H21Cl2N3O4S. The number of hydrogen-bond acceptors (Lipinski definition) is 4. The van der Waals surface area contributed by atoms with E-state index in [1.165, 1.54) is 15.3 Å². The van der Waals surface area contributed by atoms with Gasteiger partial charge in [0, 0.05) is 18.7 Å². The zero-order valence-electron chi connectivity index (χ0n) is 16.3. The third-order valence-corrected chi connectivity index (χ3v) is 7.21. The molecule has 0 radical (unpaired) electrons. The first-order valence-corrected chi connectivity index (χ1v) is 11.7. The molecule has 0 unspecified atom stereocenters. The van der Waals surface area contributed by atoms with Crippen molar-refractivity contribution in [2.24, 2.45) is 0 Å². The van der Waals surface area contributed by atoms with Gasteiger partial charge in [0.2, 0.25) is 15.9 Å². The van der Waals surface area contributed by atoms with Crippen molar-refractivity contribution in [2.75, 3.05) is 35.0 Å². The number of nitrogens with one attached hydrogen (secondary N) is 1. The summed E-state index contributed by atoms with van der Waals surface area (Å²) in [5.41, 5.74) is 1.04. The first-order valence-electron chi connectivity index (χ1n) is 9.36. The van der Waals surface area contributed by atoms with Crippen LogP contribution in [0.4, 0.5) is 11.4 Å². The Balaban J connectivity index is 1.75. The molecule has 160 valence electrons. The number of sulfonamides is 1. The van der Waals surface area contributed by atoms with Gasteiger partial charge in [-0.2, -0.15) is 0 Å². The van der Waals surface area contributed by atoms with E-state index in [1.54, 1.807) is 43.3 Å². The van der Waals surface area contributed by atoms with Crippen LogP contribution in [0.25, 0.3) is 0 Å². The molecule has 0 atom stereocenters. The molecule has 10 heteroatoms. The van der Waals surface area contributed by atoms with E-state index < -0.39 is 15.9 Å². The Hall–Kier alpha value is -2.29. The van der Waals surface area contributed by atoms with Gasteiger partial charge < -0.3 is 10.2 Å². The van der Waals surface area contributed by atoms with Gasteiger partial charge in [0.05, 0.1) is 27.2 Å². The molecule has 2 aromatic carbocycles. The van der Waals surface area contributed by atoms with Crippen molar-refractivity contribution in [1.29, 1.82) is 0 Å². The number of carbonyl (C=O) groups is 2. The molecule has 2 aromatic rings. The number of amides is 2. The number of benzene rings is 2. The maximum absolute atomic E-state index is 13.0. The third-order valence-electron chi connectivity index (χ3n) is 4.71. The van der Waals surface area contributed by atoms with E-state index >= 15 is 0 Å². The van der Waals surface area contributed by atoms with Crippen LogP contribution in [-0.2, 0) is 14.8 Å². The second-order valence-electron chi connectivity index (χ2n) is 6.76. The predicted molar refractivity (Wildman–Crippen MR) is 119 cm³/mol. The van der Waals surface area contributed by atoms with Crippen LogP contribution in [0.5, 0.6) is 0 Å². The Morgan fingerprint density at radius 3 is 2.40 bits per heavy atom. The average molecular weight is 470 g/mol. The van der Waals surface area contributed by atoms with Gasteiger partial charge in [-0.3, -0.25) is 13.9 Å². The normalized spacial score (nSPS) is 15.1. The highest BCUT2D eigenvalue weighted by Gasteiger charge is 2.29. The topological polar surface area (TPSA) is 86.8 Å². The minimum absolute atomic E-state index is 0.0943. The SMILES string of the molecule is CCN(CC(=O)Nc1c(Cl)cccc1Cl)C(=O)c1cccc(N2CCCS2(=O)=O)c1. The predicted octanol–water partition coefficient (Wildman–Crippen LogP) is 3.63. The number of rotatable bonds is 6. The molecule has 1 saturated heterocycles. The fourth-order valence-electron chi connectivity index (χ4n) is 3.20. The van der Waals surface area contributed by atoms with E-state index in [9.17, 15) is 18.0 Å². The maximum atomic E-state index is 13.0. The van der Waals surface area contributed by atoms with Crippen molar-refractivity contribution in [2.45, 2.75) is 13.3 Å². The van der Waals surface area contributed by atoms with Gasteiger partial charge in [-0.1, -0.05) is 35.3 Å². The van der Waals surface area contributed by atoms with Crippen molar-refractivity contribution in [3.05, 3.63) is 58.1 Å². The number of likely N-dealkylation sites (N-methyl/N-ethyl adjacent to an activating group) is 1. The fraction of sp³-hybridized carbons (Fsp3) is 0.300. The Morgan fingerprint density at radius 2 is 1.80 bits per heavy atom. The van der Waals surface area contributed by atoms with Crippen LogP contribution in [0.3, 0.4) is 0 Å². The van der Waals surface area contributed by atoms with Gasteiger partial charge >= 0.3 is 0 Å². The molecule has 30 heavy (non-hydrogen) atoms. The first kappa shape index (κ1) is 22.4. The summed E-state index contributed by atoms with van der Waals surface area (Å²) in [6, 6.07) is 11.3. The van der Waals surface area contributed by atoms with Crippen LogP contribution in [-0.4, -0.2) is 50.5 Å². The van der Waals surface area contributed by atoms with Crippen molar-refractivity contribution >= 4 is 56.4 Å². The molecule has 3 rings (SSSR count). The summed E-state index contributed by atoms with van der Waals surface area (Å²) in [5, 5.41) is 3.22. The van der Waals surface area contributed by atoms with Gasteiger partial charge in [-0.15, -0.1) is 0 Å². The molecule has 1 fully saturated rings. The minimum atomic E-state index is -3.35. The van der Waals surface area contributed by atoms with Crippen LogP contribution >= 0.6 is 23.2 Å². The molecule has 1 N–H and O–H groups in total. The average Bonchev–Trinajstić information content (AvgIpc) is 3.07. The van der Waals surface area contributed by atoms with Crippen LogP contribution in [0.2, 0.25) is 10.0 Å². The summed E-state index contributed by atoms with van der Waals surface area (Å²) in [7, 11) is -3.35. The molecule has 1 heterocycles. The van der Waals surface area contributed by atoms with Crippen LogP contribution < -0.4 is 9.62 Å². The highest BCUT2D eigenvalue weighted by Crippen LogP contribution is 2.30. The summed E-state index contributed by atoms with van der Waals surface area (Å²) in [6.07, 6.45) is 0.548. The van der Waals surface area contributed by atoms with Crippen molar-refractivity contribution in [3.63, 3.8) is 0 Å². The lowest BCUT2D eigenvalue weighted by Gasteiger charge is -2.22. The largest absolute Gasteiger partial charge is 0.330 e. The summed E-state index contributed by atoms with van der Waals surface area (Å²) >= 11 is 12.1. The van der Waals surface area contributed by atoms with E-state index in [0.29, 0.717) is 34.3 Å². The fourth-order valence-corrected chi connectivity index (χ4v) is 5.25. The number of para-hydroxylation sites is 1. The lowest BCUT2D eigenvalue weighted by Crippen LogP contribution is -2.38. The number of nitrogens with zero attached hydrogens (tertiary/aromatic N) is 2. The number of halogens is 2. The summed E-state index contributed by atoms with van der Waals surface area (Å²) in [6.45, 7) is 2.22. The van der Waals surface area contributed by atoms with Gasteiger partial charge in [-0.05, 0) is 43.7 Å². The zero-order valence-corrected chi connectivity index (χ0v) is 18.6. The van der Waals surface area contributed by atoms with E-state index in [-0.39, 0.29) is 30.4 Å². The number of anilines is 2. The van der Waals surface area contributed by atoms with E-state index in [2.05, 4.69) is 5.32 Å². The Morgan fingerprint density at radius 1 is 1.13 bits per heavy atom. The van der Waals surface area contributed by atoms with Gasteiger partial charge in [0.15, 0.2) is 0 Å². The molecule has 2 amide bonds. The van der Waals surface area contributed by atoms with Crippen molar-refractivity contribution < 1.29 is 18.0 Å². The van der Waals surface area contributed by atoms with Crippen molar-refractivity contribution in [1.82, 2.24) is 4.90 Å². The Kier molecular flexibility index (Phi) is 6.90. The molecule has 0 aliphatic carbocycles. The zero-order chi connectivity index (χ0) is 21.9. The highest BCUT2D eigenvalue weighted by molar-refractivity contribution is 7.93. The highest BCUT2D eigenvalue weighted by atomic mass is 35.5. The van der Waals surface area contributed by atoms with E-state index in [0.717, 1.165) is 0 Å². The number of carbonyl (C=O) groups excluding carboxylic acids is 2. The minimum Gasteiger partial charge on any atom is -0.330 e. The lowest BCUT2D eigenvalue weighted by molar-refractivity contribution is -0.116. The summed E-state index contributed by atoms with van der Waals surface area (Å²) < 4.78 is 25.6. The first-order chi connectivity index (χ1) is 14.2. The maximum Gasteiger partial charge on any atom is 0.254 e. The quantitative estimate of drug-likeness (QED) is 0.699. The molecule has 7 nitrogen and oxygen atoms in total. The van der Waals surface area contributed by atoms with Crippen molar-refractivity contribution in [3.8, 4) is 0 Å². The molecule has 0 bridgehead atoms. The monoisotopic (exact) mass is 469 g/mol. The second kappa shape index (κ2) is 9.24.